The van der Waals surface area contributed by atoms with Crippen LogP contribution in [-0.2, 0) is 22.1 Å². The second-order valence-corrected chi connectivity index (χ2v) is 7.07. The van der Waals surface area contributed by atoms with E-state index in [-0.39, 0.29) is 29.1 Å². The van der Waals surface area contributed by atoms with Crippen molar-refractivity contribution in [1.82, 2.24) is 0 Å². The summed E-state index contributed by atoms with van der Waals surface area (Å²) in [5, 5.41) is 0. The summed E-state index contributed by atoms with van der Waals surface area (Å²) in [6.07, 6.45) is -4.68. The molecule has 1 heterocycles. The van der Waals surface area contributed by atoms with E-state index in [1.165, 1.54) is 6.92 Å². The Kier molecular flexibility index (Phi) is 6.25. The van der Waals surface area contributed by atoms with Crippen LogP contribution in [0.4, 0.5) is 17.6 Å². The number of rotatable bonds is 4. The second-order valence-electron chi connectivity index (χ2n) is 7.07. The van der Waals surface area contributed by atoms with E-state index in [9.17, 15) is 22.4 Å². The first-order valence-electron chi connectivity index (χ1n) is 9.31. The molecule has 0 aliphatic carbocycles. The third-order valence-corrected chi connectivity index (χ3v) is 5.13. The molecule has 2 atom stereocenters. The molecule has 1 aliphatic rings. The first kappa shape index (κ1) is 22.2. The van der Waals surface area contributed by atoms with Gasteiger partial charge >= 0.3 is 12.1 Å². The number of hydrogen-bond acceptors (Lipinski definition) is 3. The fourth-order valence-electron chi connectivity index (χ4n) is 3.78. The predicted octanol–water partition coefficient (Wildman–Crippen LogP) is 5.57. The van der Waals surface area contributed by atoms with E-state index in [0.717, 1.165) is 24.8 Å². The Morgan fingerprint density at radius 1 is 1.19 bits per heavy atom. The van der Waals surface area contributed by atoms with Gasteiger partial charge in [0.05, 0.1) is 25.2 Å². The van der Waals surface area contributed by atoms with Crippen molar-refractivity contribution in [3.8, 4) is 0 Å². The summed E-state index contributed by atoms with van der Waals surface area (Å²) in [4.78, 5) is 20.4. The minimum Gasteiger partial charge on any atom is -0.469 e. The topological polar surface area (TPSA) is 43.0 Å². The van der Waals surface area contributed by atoms with Crippen molar-refractivity contribution >= 4 is 11.7 Å². The van der Waals surface area contributed by atoms with Gasteiger partial charge in [0.15, 0.2) is 5.70 Å². The van der Waals surface area contributed by atoms with Gasteiger partial charge in [-0.3, -0.25) is 9.79 Å². The van der Waals surface area contributed by atoms with Crippen molar-refractivity contribution in [3.63, 3.8) is 0 Å². The molecular weight excluding hydrogens is 412 g/mol. The molecule has 160 valence electrons. The van der Waals surface area contributed by atoms with Gasteiger partial charge in [-0.05, 0) is 30.2 Å². The van der Waals surface area contributed by atoms with Crippen molar-refractivity contribution in [1.29, 1.82) is 0 Å². The number of benzene rings is 2. The lowest BCUT2D eigenvalue weighted by molar-refractivity contribution is -0.144. The number of halogens is 4. The van der Waals surface area contributed by atoms with Crippen LogP contribution in [-0.4, -0.2) is 18.8 Å². The van der Waals surface area contributed by atoms with Gasteiger partial charge in [0.25, 0.3) is 0 Å². The zero-order valence-corrected chi connectivity index (χ0v) is 16.7. The Labute approximate surface area is 176 Å². The van der Waals surface area contributed by atoms with E-state index in [2.05, 4.69) is 9.84 Å². The van der Waals surface area contributed by atoms with Crippen LogP contribution in [0.15, 0.2) is 64.9 Å². The fourth-order valence-corrected chi connectivity index (χ4v) is 3.78. The lowest BCUT2D eigenvalue weighted by atomic mass is 9.76. The van der Waals surface area contributed by atoms with Gasteiger partial charge in [0.2, 0.25) is 0 Å². The molecule has 0 radical (unpaired) electrons. The van der Waals surface area contributed by atoms with Crippen LogP contribution in [0.3, 0.4) is 0 Å². The number of esters is 1. The molecule has 2 unspecified atom stereocenters. The average molecular weight is 430 g/mol. The van der Waals surface area contributed by atoms with Gasteiger partial charge in [0, 0.05) is 23.7 Å². The van der Waals surface area contributed by atoms with E-state index in [0.29, 0.717) is 6.07 Å². The lowest BCUT2D eigenvalue weighted by Gasteiger charge is -2.31. The second kappa shape index (κ2) is 8.72. The van der Waals surface area contributed by atoms with E-state index < -0.39 is 35.4 Å². The molecule has 0 saturated carbocycles. The largest absolute Gasteiger partial charge is 0.469 e. The van der Waals surface area contributed by atoms with E-state index in [1.54, 1.807) is 24.3 Å². The summed E-state index contributed by atoms with van der Waals surface area (Å²) in [5.41, 5.74) is -0.395. The number of ether oxygens (including phenoxy) is 1. The highest BCUT2D eigenvalue weighted by molar-refractivity contribution is 6.03. The first-order chi connectivity index (χ1) is 14.7. The van der Waals surface area contributed by atoms with Gasteiger partial charge in [-0.1, -0.05) is 36.4 Å². The minimum absolute atomic E-state index is 0.0954. The SMILES string of the molecule is [C-]#[N+]C1=C(Cc2ccccc2)N=C(C)C(C(=O)OC)C1c1ccc(F)cc1C(F)(F)F. The maximum absolute atomic E-state index is 13.8. The molecule has 0 N–H and O–H groups in total. The Hall–Kier alpha value is -3.47. The van der Waals surface area contributed by atoms with Crippen molar-refractivity contribution in [2.75, 3.05) is 7.11 Å². The monoisotopic (exact) mass is 430 g/mol. The van der Waals surface area contributed by atoms with E-state index in [4.69, 9.17) is 11.3 Å². The highest BCUT2D eigenvalue weighted by atomic mass is 19.4. The summed E-state index contributed by atoms with van der Waals surface area (Å²) in [7, 11) is 1.11. The quantitative estimate of drug-likeness (QED) is 0.362. The van der Waals surface area contributed by atoms with Crippen molar-refractivity contribution < 1.29 is 27.1 Å². The van der Waals surface area contributed by atoms with Crippen LogP contribution in [0.1, 0.15) is 29.5 Å². The normalized spacial score (nSPS) is 18.9. The van der Waals surface area contributed by atoms with Gasteiger partial charge < -0.3 is 4.74 Å². The minimum atomic E-state index is -4.88. The number of alkyl halides is 3. The maximum atomic E-state index is 13.8. The molecule has 3 rings (SSSR count). The first-order valence-corrected chi connectivity index (χ1v) is 9.31. The van der Waals surface area contributed by atoms with Gasteiger partial charge in [-0.2, -0.15) is 13.2 Å². The Balaban J connectivity index is 2.26. The smallest absolute Gasteiger partial charge is 0.416 e. The average Bonchev–Trinajstić information content (AvgIpc) is 2.73. The van der Waals surface area contributed by atoms with Crippen molar-refractivity contribution in [3.05, 3.63) is 93.8 Å². The molecule has 2 aromatic carbocycles. The molecule has 31 heavy (non-hydrogen) atoms. The zero-order valence-electron chi connectivity index (χ0n) is 16.7. The Bertz CT molecular complexity index is 1100. The number of carbonyl (C=O) groups excluding carboxylic acids is 1. The summed E-state index contributed by atoms with van der Waals surface area (Å²) in [6.45, 7) is 9.20. The lowest BCUT2D eigenvalue weighted by Crippen LogP contribution is -2.34. The summed E-state index contributed by atoms with van der Waals surface area (Å²) < 4.78 is 59.8. The van der Waals surface area contributed by atoms with Crippen LogP contribution in [0.5, 0.6) is 0 Å². The molecule has 0 saturated heterocycles. The number of nitrogens with zero attached hydrogens (tertiary/aromatic N) is 2. The highest BCUT2D eigenvalue weighted by Gasteiger charge is 2.45. The third kappa shape index (κ3) is 4.50. The highest BCUT2D eigenvalue weighted by Crippen LogP contribution is 2.45. The predicted molar refractivity (Wildman–Crippen MR) is 107 cm³/mol. The number of methoxy groups -OCH3 is 1. The van der Waals surface area contributed by atoms with Gasteiger partial charge in [-0.15, -0.1) is 0 Å². The number of allylic oxidation sites excluding steroid dienone is 2. The van der Waals surface area contributed by atoms with Crippen LogP contribution < -0.4 is 0 Å². The Morgan fingerprint density at radius 3 is 2.45 bits per heavy atom. The zero-order chi connectivity index (χ0) is 22.8. The molecule has 0 bridgehead atoms. The molecule has 0 spiro atoms. The molecular formula is C23H18F4N2O2. The molecule has 0 amide bonds. The van der Waals surface area contributed by atoms with E-state index >= 15 is 0 Å². The summed E-state index contributed by atoms with van der Waals surface area (Å²) >= 11 is 0. The molecule has 0 aromatic heterocycles. The molecule has 2 aromatic rings. The van der Waals surface area contributed by atoms with Crippen LogP contribution in [0.25, 0.3) is 4.85 Å². The van der Waals surface area contributed by atoms with Crippen LogP contribution in [0, 0.1) is 18.3 Å². The molecule has 4 nitrogen and oxygen atoms in total. The van der Waals surface area contributed by atoms with E-state index in [1.807, 2.05) is 6.07 Å². The summed E-state index contributed by atoms with van der Waals surface area (Å²) in [6, 6.07) is 11.3. The summed E-state index contributed by atoms with van der Waals surface area (Å²) in [5.74, 6) is -4.42. The van der Waals surface area contributed by atoms with Crippen LogP contribution in [0.2, 0.25) is 0 Å². The number of hydrogen-bond donors (Lipinski definition) is 0. The van der Waals surface area contributed by atoms with Crippen LogP contribution >= 0.6 is 0 Å². The standard InChI is InChI=1S/C23H18F4N2O2/c1-13-19(22(30)31-3)20(16-10-9-15(24)12-17(16)23(25,26)27)21(28-2)18(29-13)11-14-7-5-4-6-8-14/h4-10,12,19-20H,11H2,1,3H3. The molecule has 1 aliphatic heterocycles. The van der Waals surface area contributed by atoms with Crippen molar-refractivity contribution in [2.24, 2.45) is 10.9 Å². The number of carbonyl (C=O) groups is 1. The Morgan fingerprint density at radius 2 is 1.87 bits per heavy atom. The molecule has 8 heteroatoms. The number of aliphatic imine (C=N–C) groups is 1. The maximum Gasteiger partial charge on any atom is 0.416 e. The fraction of sp³-hybridized carbons (Fsp3) is 0.261. The third-order valence-electron chi connectivity index (χ3n) is 5.13. The van der Waals surface area contributed by atoms with Crippen molar-refractivity contribution in [2.45, 2.75) is 25.4 Å². The molecule has 0 fully saturated rings. The van der Waals surface area contributed by atoms with Gasteiger partial charge in [-0.25, -0.2) is 9.24 Å². The van der Waals surface area contributed by atoms with Gasteiger partial charge in [0.1, 0.15) is 5.82 Å².